The van der Waals surface area contributed by atoms with Crippen molar-refractivity contribution in [3.8, 4) is 0 Å². The molecule has 1 fully saturated rings. The molecule has 1 atom stereocenters. The van der Waals surface area contributed by atoms with Crippen LogP contribution in [0.15, 0.2) is 41.0 Å². The van der Waals surface area contributed by atoms with Crippen LogP contribution >= 0.6 is 0 Å². The fourth-order valence-corrected chi connectivity index (χ4v) is 2.84. The number of nitrogens with one attached hydrogen (secondary N) is 1. The van der Waals surface area contributed by atoms with Gasteiger partial charge < -0.3 is 5.73 Å². The van der Waals surface area contributed by atoms with E-state index in [2.05, 4.69) is 57.0 Å². The minimum atomic E-state index is 0. The second-order valence-corrected chi connectivity index (χ2v) is 7.13. The summed E-state index contributed by atoms with van der Waals surface area (Å²) in [4.78, 5) is 0. The minimum Gasteiger partial charge on any atom is -0.675 e. The fraction of sp³-hybridized carbons (Fsp3) is 0.524. The summed E-state index contributed by atoms with van der Waals surface area (Å²) in [6.45, 7) is 10.7. The number of hydrogen-bond acceptors (Lipinski definition) is 0. The summed E-state index contributed by atoms with van der Waals surface area (Å²) in [6.07, 6.45) is 8.26. The minimum absolute atomic E-state index is 0. The molecule has 3 heteroatoms. The molecule has 2 aliphatic carbocycles. The third kappa shape index (κ3) is 8.11. The summed E-state index contributed by atoms with van der Waals surface area (Å²) in [6, 6.07) is 8.44. The molecule has 3 radical (unpaired) electrons. The van der Waals surface area contributed by atoms with Crippen LogP contribution in [-0.4, -0.2) is 16.3 Å². The predicted octanol–water partition coefficient (Wildman–Crippen LogP) is 5.49. The molecule has 1 saturated carbocycles. The van der Waals surface area contributed by atoms with Crippen molar-refractivity contribution in [1.29, 1.82) is 0 Å². The van der Waals surface area contributed by atoms with E-state index in [1.165, 1.54) is 40.3 Å². The predicted molar refractivity (Wildman–Crippen MR) is 103 cm³/mol. The number of aryl methyl sites for hydroxylation is 1. The molecular weight excluding hydrogens is 342 g/mol. The Morgan fingerprint density at radius 3 is 1.79 bits per heavy atom. The fourth-order valence-electron chi connectivity index (χ4n) is 2.66. The van der Waals surface area contributed by atoms with Crippen molar-refractivity contribution in [3.63, 3.8) is 0 Å². The Bertz CT molecular complexity index is 536. The van der Waals surface area contributed by atoms with Gasteiger partial charge in [-0.15, -0.1) is 13.0 Å². The van der Waals surface area contributed by atoms with E-state index in [0.29, 0.717) is 12.0 Å². The number of benzene rings is 1. The molecule has 1 nitrogen and oxygen atoms in total. The maximum absolute atomic E-state index is 7.13. The Morgan fingerprint density at radius 2 is 1.58 bits per heavy atom. The van der Waals surface area contributed by atoms with Crippen molar-refractivity contribution in [2.24, 2.45) is 5.92 Å². The van der Waals surface area contributed by atoms with E-state index in [1.54, 1.807) is 0 Å². The molecule has 0 aliphatic heterocycles. The molecular formula is C21H30NSiTi. The zero-order chi connectivity index (χ0) is 17.4. The van der Waals surface area contributed by atoms with Crippen LogP contribution < -0.4 is 5.19 Å². The van der Waals surface area contributed by atoms with Crippen molar-refractivity contribution in [2.75, 3.05) is 0 Å². The average molecular weight is 372 g/mol. The van der Waals surface area contributed by atoms with E-state index in [1.807, 2.05) is 18.2 Å². The van der Waals surface area contributed by atoms with Crippen molar-refractivity contribution >= 4 is 15.4 Å². The standard InChI is InChI=1S/C9H13.C7H7Si.C5H10N.Ti/c1-6-5-7(2)9(4)8(6)3;1-6-4-2-3-5-7(6)8;6-5-3-1-2-4-5;/h6H,1-4H3;2-5H,1H3;5-6H,1-4H2;/q-1;;-1;+2. The topological polar surface area (TPSA) is 23.8 Å². The van der Waals surface area contributed by atoms with E-state index < -0.39 is 0 Å². The molecule has 0 heterocycles. The SMILES string of the molecule is CC1=[C-]C(C)C(C)=C1C.Cc1ccccc1[Si].[NH-]C1CCCC1.[Ti+2]. The Balaban J connectivity index is 0.000000330. The first-order chi connectivity index (χ1) is 10.8. The first kappa shape index (κ1) is 23.6. The molecule has 0 bridgehead atoms. The maximum atomic E-state index is 7.13. The van der Waals surface area contributed by atoms with Gasteiger partial charge in [-0.3, -0.25) is 6.08 Å². The summed E-state index contributed by atoms with van der Waals surface area (Å²) in [5.74, 6) is 0.560. The van der Waals surface area contributed by atoms with Gasteiger partial charge in [0.05, 0.1) is 10.2 Å². The Morgan fingerprint density at radius 1 is 1.04 bits per heavy atom. The normalized spacial score (nSPS) is 19.6. The zero-order valence-corrected chi connectivity index (χ0v) is 18.4. The molecule has 127 valence electrons. The third-order valence-electron chi connectivity index (χ3n) is 4.74. The van der Waals surface area contributed by atoms with E-state index in [9.17, 15) is 0 Å². The van der Waals surface area contributed by atoms with Crippen molar-refractivity contribution < 1.29 is 21.7 Å². The first-order valence-corrected chi connectivity index (χ1v) is 9.09. The summed E-state index contributed by atoms with van der Waals surface area (Å²) < 4.78 is 0. The smallest absolute Gasteiger partial charge is 0.675 e. The van der Waals surface area contributed by atoms with Gasteiger partial charge in [-0.1, -0.05) is 87.4 Å². The van der Waals surface area contributed by atoms with E-state index in [4.69, 9.17) is 5.73 Å². The van der Waals surface area contributed by atoms with E-state index in [-0.39, 0.29) is 21.7 Å². The molecule has 0 saturated heterocycles. The van der Waals surface area contributed by atoms with Crippen LogP contribution in [0, 0.1) is 18.9 Å². The molecule has 24 heavy (non-hydrogen) atoms. The summed E-state index contributed by atoms with van der Waals surface area (Å²) >= 11 is 0. The van der Waals surface area contributed by atoms with Crippen LogP contribution in [0.3, 0.4) is 0 Å². The molecule has 3 rings (SSSR count). The van der Waals surface area contributed by atoms with E-state index in [0.717, 1.165) is 12.8 Å². The van der Waals surface area contributed by atoms with Gasteiger partial charge >= 0.3 is 21.7 Å². The summed E-state index contributed by atoms with van der Waals surface area (Å²) in [5.41, 5.74) is 12.7. The van der Waals surface area contributed by atoms with Gasteiger partial charge in [-0.25, -0.2) is 5.57 Å². The van der Waals surface area contributed by atoms with Crippen molar-refractivity contribution in [1.82, 2.24) is 0 Å². The largest absolute Gasteiger partial charge is 2.00 e. The van der Waals surface area contributed by atoms with Crippen LogP contribution in [0.25, 0.3) is 5.73 Å². The van der Waals surface area contributed by atoms with E-state index >= 15 is 0 Å². The quantitative estimate of drug-likeness (QED) is 0.425. The summed E-state index contributed by atoms with van der Waals surface area (Å²) in [7, 11) is 3.44. The molecule has 0 aromatic heterocycles. The first-order valence-electron chi connectivity index (χ1n) is 8.59. The van der Waals surface area contributed by atoms with Crippen LogP contribution in [0.5, 0.6) is 0 Å². The van der Waals surface area contributed by atoms with Crippen molar-refractivity contribution in [3.05, 3.63) is 58.4 Å². The van der Waals surface area contributed by atoms with Gasteiger partial charge in [0, 0.05) is 0 Å². The monoisotopic (exact) mass is 372 g/mol. The Hall–Kier alpha value is -0.409. The van der Waals surface area contributed by atoms with Gasteiger partial charge in [0.2, 0.25) is 0 Å². The average Bonchev–Trinajstić information content (AvgIpc) is 3.08. The van der Waals surface area contributed by atoms with Gasteiger partial charge in [0.15, 0.2) is 0 Å². The van der Waals surface area contributed by atoms with Gasteiger partial charge in [0.1, 0.15) is 0 Å². The number of allylic oxidation sites excluding steroid dienone is 4. The molecule has 1 unspecified atom stereocenters. The second kappa shape index (κ2) is 12.0. The zero-order valence-electron chi connectivity index (χ0n) is 15.8. The summed E-state index contributed by atoms with van der Waals surface area (Å²) in [5, 5.41) is 1.17. The van der Waals surface area contributed by atoms with Crippen molar-refractivity contribution in [2.45, 2.75) is 66.3 Å². The molecule has 0 amide bonds. The second-order valence-electron chi connectivity index (χ2n) is 6.60. The Labute approximate surface area is 167 Å². The Kier molecular flexibility index (Phi) is 11.8. The molecule has 1 aromatic carbocycles. The maximum Gasteiger partial charge on any atom is 2.00 e. The molecule has 0 spiro atoms. The molecule has 1 N–H and O–H groups in total. The molecule has 2 aliphatic rings. The number of hydrogen-bond donors (Lipinski definition) is 0. The third-order valence-corrected chi connectivity index (χ3v) is 5.30. The van der Waals surface area contributed by atoms with Gasteiger partial charge in [-0.05, 0) is 6.92 Å². The number of rotatable bonds is 0. The van der Waals surface area contributed by atoms with Crippen LogP contribution in [0.2, 0.25) is 0 Å². The van der Waals surface area contributed by atoms with Gasteiger partial charge in [-0.2, -0.15) is 11.1 Å². The van der Waals surface area contributed by atoms with Crippen LogP contribution in [0.1, 0.15) is 58.9 Å². The van der Waals surface area contributed by atoms with Gasteiger partial charge in [0.25, 0.3) is 0 Å². The molecule has 1 aromatic rings. The van der Waals surface area contributed by atoms with Crippen LogP contribution in [-0.2, 0) is 21.7 Å². The van der Waals surface area contributed by atoms with Crippen LogP contribution in [0.4, 0.5) is 0 Å².